The maximum atomic E-state index is 12.8. The molecule has 0 spiro atoms. The van der Waals surface area contributed by atoms with Crippen LogP contribution in [0.1, 0.15) is 40.4 Å². The lowest BCUT2D eigenvalue weighted by Gasteiger charge is -2.17. The van der Waals surface area contributed by atoms with E-state index < -0.39 is 0 Å². The second-order valence-electron chi connectivity index (χ2n) is 6.88. The second kappa shape index (κ2) is 7.21. The van der Waals surface area contributed by atoms with Gasteiger partial charge in [0.2, 0.25) is 0 Å². The van der Waals surface area contributed by atoms with Gasteiger partial charge < -0.3 is 16.4 Å². The molecule has 0 aliphatic carbocycles. The molecule has 1 fully saturated rings. The lowest BCUT2D eigenvalue weighted by Crippen LogP contribution is -2.17. The van der Waals surface area contributed by atoms with Crippen LogP contribution in [-0.4, -0.2) is 18.3 Å². The van der Waals surface area contributed by atoms with Gasteiger partial charge >= 0.3 is 0 Å². The molecule has 0 saturated carbocycles. The molecular weight excluding hydrogens is 336 g/mol. The van der Waals surface area contributed by atoms with Gasteiger partial charge in [0.1, 0.15) is 5.84 Å². The highest BCUT2D eigenvalue weighted by atomic mass is 16.1. The molecule has 4 rings (SSSR count). The van der Waals surface area contributed by atoms with Crippen LogP contribution in [-0.2, 0) is 0 Å². The number of anilines is 1. The SMILES string of the molecule is N=C(N)c1ccc2cc(C(=O)Nc3ccccc3)cc(C3CCCN3)c2c1. The number of benzene rings is 3. The fourth-order valence-corrected chi connectivity index (χ4v) is 3.65. The molecule has 3 aromatic rings. The highest BCUT2D eigenvalue weighted by Crippen LogP contribution is 2.32. The zero-order chi connectivity index (χ0) is 18.8. The van der Waals surface area contributed by atoms with E-state index in [9.17, 15) is 4.79 Å². The van der Waals surface area contributed by atoms with Gasteiger partial charge in [-0.2, -0.15) is 0 Å². The summed E-state index contributed by atoms with van der Waals surface area (Å²) in [6.45, 7) is 0.971. The summed E-state index contributed by atoms with van der Waals surface area (Å²) in [7, 11) is 0. The van der Waals surface area contributed by atoms with E-state index in [1.165, 1.54) is 0 Å². The summed E-state index contributed by atoms with van der Waals surface area (Å²) in [5.74, 6) is -0.0777. The van der Waals surface area contributed by atoms with Crippen molar-refractivity contribution in [3.8, 4) is 0 Å². The van der Waals surface area contributed by atoms with Gasteiger partial charge in [0.25, 0.3) is 5.91 Å². The molecule has 5 heteroatoms. The molecule has 3 aromatic carbocycles. The summed E-state index contributed by atoms with van der Waals surface area (Å²) >= 11 is 0. The Morgan fingerprint density at radius 1 is 1.07 bits per heavy atom. The first-order chi connectivity index (χ1) is 13.1. The van der Waals surface area contributed by atoms with Gasteiger partial charge in [-0.15, -0.1) is 0 Å². The molecule has 136 valence electrons. The van der Waals surface area contributed by atoms with E-state index in [2.05, 4.69) is 10.6 Å². The van der Waals surface area contributed by atoms with Crippen LogP contribution in [0.25, 0.3) is 10.8 Å². The summed E-state index contributed by atoms with van der Waals surface area (Å²) in [4.78, 5) is 12.8. The van der Waals surface area contributed by atoms with Crippen LogP contribution in [0.2, 0.25) is 0 Å². The Balaban J connectivity index is 1.78. The van der Waals surface area contributed by atoms with Crippen molar-refractivity contribution in [1.82, 2.24) is 5.32 Å². The van der Waals surface area contributed by atoms with E-state index >= 15 is 0 Å². The molecule has 1 amide bonds. The summed E-state index contributed by atoms with van der Waals surface area (Å²) in [6, 6.07) is 19.2. The number of fused-ring (bicyclic) bond motifs is 1. The molecule has 1 aliphatic heterocycles. The van der Waals surface area contributed by atoms with Gasteiger partial charge in [-0.05, 0) is 66.1 Å². The number of amides is 1. The number of carbonyl (C=O) groups excluding carboxylic acids is 1. The predicted octanol–water partition coefficient (Wildman–Crippen LogP) is 3.80. The molecular formula is C22H22N4O. The Bertz CT molecular complexity index is 1010. The average Bonchev–Trinajstić information content (AvgIpc) is 3.22. The Morgan fingerprint density at radius 3 is 2.59 bits per heavy atom. The monoisotopic (exact) mass is 358 g/mol. The van der Waals surface area contributed by atoms with E-state index in [4.69, 9.17) is 11.1 Å². The summed E-state index contributed by atoms with van der Waals surface area (Å²) in [5, 5.41) is 16.2. The van der Waals surface area contributed by atoms with E-state index in [1.807, 2.05) is 60.7 Å². The number of rotatable bonds is 4. The Hall–Kier alpha value is -3.18. The smallest absolute Gasteiger partial charge is 0.255 e. The van der Waals surface area contributed by atoms with Gasteiger partial charge in [-0.3, -0.25) is 10.2 Å². The first kappa shape index (κ1) is 17.2. The normalized spacial score (nSPS) is 16.4. The summed E-state index contributed by atoms with van der Waals surface area (Å²) in [6.07, 6.45) is 2.14. The molecule has 0 bridgehead atoms. The van der Waals surface area contributed by atoms with E-state index in [0.717, 1.165) is 41.4 Å². The fraction of sp³-hybridized carbons (Fsp3) is 0.182. The highest BCUT2D eigenvalue weighted by molar-refractivity contribution is 6.08. The third kappa shape index (κ3) is 3.55. The molecule has 1 heterocycles. The van der Waals surface area contributed by atoms with Crippen molar-refractivity contribution in [1.29, 1.82) is 5.41 Å². The Labute approximate surface area is 158 Å². The molecule has 1 saturated heterocycles. The van der Waals surface area contributed by atoms with Crippen LogP contribution in [0.4, 0.5) is 5.69 Å². The minimum absolute atomic E-state index is 0.0492. The second-order valence-corrected chi connectivity index (χ2v) is 6.88. The largest absolute Gasteiger partial charge is 0.384 e. The first-order valence-corrected chi connectivity index (χ1v) is 9.14. The molecule has 5 N–H and O–H groups in total. The molecule has 5 nitrogen and oxygen atoms in total. The van der Waals surface area contributed by atoms with Crippen molar-refractivity contribution >= 4 is 28.2 Å². The maximum Gasteiger partial charge on any atom is 0.255 e. The van der Waals surface area contributed by atoms with Crippen LogP contribution >= 0.6 is 0 Å². The van der Waals surface area contributed by atoms with Crippen LogP contribution in [0.15, 0.2) is 60.7 Å². The Kier molecular flexibility index (Phi) is 4.60. The summed E-state index contributed by atoms with van der Waals surface area (Å²) in [5.41, 5.74) is 8.87. The van der Waals surface area contributed by atoms with Crippen molar-refractivity contribution < 1.29 is 4.79 Å². The van der Waals surface area contributed by atoms with Crippen molar-refractivity contribution in [2.75, 3.05) is 11.9 Å². The number of hydrogen-bond acceptors (Lipinski definition) is 3. The lowest BCUT2D eigenvalue weighted by atomic mass is 9.93. The van der Waals surface area contributed by atoms with Crippen molar-refractivity contribution in [2.45, 2.75) is 18.9 Å². The predicted molar refractivity (Wildman–Crippen MR) is 109 cm³/mol. The third-order valence-electron chi connectivity index (χ3n) is 5.03. The van der Waals surface area contributed by atoms with Gasteiger partial charge in [-0.1, -0.05) is 30.3 Å². The van der Waals surface area contributed by atoms with Gasteiger partial charge in [0.15, 0.2) is 0 Å². The van der Waals surface area contributed by atoms with Crippen LogP contribution in [0.3, 0.4) is 0 Å². The van der Waals surface area contributed by atoms with Crippen molar-refractivity contribution in [3.05, 3.63) is 77.4 Å². The topological polar surface area (TPSA) is 91.0 Å². The number of carbonyl (C=O) groups is 1. The minimum atomic E-state index is -0.127. The van der Waals surface area contributed by atoms with Crippen LogP contribution < -0.4 is 16.4 Å². The quantitative estimate of drug-likeness (QED) is 0.422. The molecule has 0 radical (unpaired) electrons. The number of nitrogens with two attached hydrogens (primary N) is 1. The van der Waals surface area contributed by atoms with Crippen LogP contribution in [0.5, 0.6) is 0 Å². The van der Waals surface area contributed by atoms with Gasteiger partial charge in [0.05, 0.1) is 0 Å². The van der Waals surface area contributed by atoms with E-state index in [-0.39, 0.29) is 17.8 Å². The van der Waals surface area contributed by atoms with Crippen molar-refractivity contribution in [2.24, 2.45) is 5.73 Å². The average molecular weight is 358 g/mol. The zero-order valence-corrected chi connectivity index (χ0v) is 15.0. The van der Waals surface area contributed by atoms with E-state index in [1.54, 1.807) is 0 Å². The number of hydrogen-bond donors (Lipinski definition) is 4. The molecule has 1 aliphatic rings. The number of amidine groups is 1. The number of para-hydroxylation sites is 1. The standard InChI is InChI=1S/C22H22N4O/c23-21(24)15-9-8-14-11-16(22(27)26-17-5-2-1-3-6-17)13-19(18(14)12-15)20-7-4-10-25-20/h1-3,5-6,8-9,11-13,20,25H,4,7,10H2,(H3,23,24)(H,26,27). The zero-order valence-electron chi connectivity index (χ0n) is 15.0. The van der Waals surface area contributed by atoms with Crippen molar-refractivity contribution in [3.63, 3.8) is 0 Å². The molecule has 0 aromatic heterocycles. The molecule has 1 atom stereocenters. The van der Waals surface area contributed by atoms with E-state index in [0.29, 0.717) is 11.1 Å². The lowest BCUT2D eigenvalue weighted by molar-refractivity contribution is 0.102. The Morgan fingerprint density at radius 2 is 1.89 bits per heavy atom. The highest BCUT2D eigenvalue weighted by Gasteiger charge is 2.21. The maximum absolute atomic E-state index is 12.8. The minimum Gasteiger partial charge on any atom is -0.384 e. The fourth-order valence-electron chi connectivity index (χ4n) is 3.65. The van der Waals surface area contributed by atoms with Crippen LogP contribution in [0, 0.1) is 5.41 Å². The van der Waals surface area contributed by atoms with Gasteiger partial charge in [0, 0.05) is 22.9 Å². The number of nitrogens with one attached hydrogen (secondary N) is 3. The third-order valence-corrected chi connectivity index (χ3v) is 5.03. The first-order valence-electron chi connectivity index (χ1n) is 9.14. The molecule has 1 unspecified atom stereocenters. The number of nitrogen functional groups attached to an aromatic ring is 1. The molecule has 27 heavy (non-hydrogen) atoms. The summed E-state index contributed by atoms with van der Waals surface area (Å²) < 4.78 is 0. The van der Waals surface area contributed by atoms with Gasteiger partial charge in [-0.25, -0.2) is 0 Å².